The van der Waals surface area contributed by atoms with Gasteiger partial charge in [0.15, 0.2) is 0 Å². The van der Waals surface area contributed by atoms with Crippen molar-refractivity contribution in [3.05, 3.63) is 35.9 Å². The van der Waals surface area contributed by atoms with Crippen LogP contribution in [-0.2, 0) is 16.6 Å². The Morgan fingerprint density at radius 2 is 1.89 bits per heavy atom. The first-order valence-corrected chi connectivity index (χ1v) is 8.04. The number of nitrogens with one attached hydrogen (secondary N) is 2. The lowest BCUT2D eigenvalue weighted by atomic mass is 10.1. The van der Waals surface area contributed by atoms with Crippen LogP contribution in [0.3, 0.4) is 0 Å². The second-order valence-electron chi connectivity index (χ2n) is 4.86. The van der Waals surface area contributed by atoms with Crippen LogP contribution in [0, 0.1) is 0 Å². The number of hydrogen-bond donors (Lipinski definition) is 2. The zero-order valence-electron chi connectivity index (χ0n) is 11.2. The first-order chi connectivity index (χ1) is 9.08. The third-order valence-corrected chi connectivity index (χ3v) is 4.90. The molecule has 106 valence electrons. The van der Waals surface area contributed by atoms with E-state index in [-0.39, 0.29) is 6.04 Å². The van der Waals surface area contributed by atoms with E-state index in [1.807, 2.05) is 37.3 Å². The summed E-state index contributed by atoms with van der Waals surface area (Å²) in [5, 5.41) is 3.15. The molecule has 0 bridgehead atoms. The summed E-state index contributed by atoms with van der Waals surface area (Å²) in [6.07, 6.45) is 0.701. The molecule has 0 aliphatic carbocycles. The van der Waals surface area contributed by atoms with E-state index in [0.29, 0.717) is 32.6 Å². The topological polar surface area (TPSA) is 61.4 Å². The molecule has 19 heavy (non-hydrogen) atoms. The predicted molar refractivity (Wildman–Crippen MR) is 76.1 cm³/mol. The minimum atomic E-state index is -3.36. The van der Waals surface area contributed by atoms with Crippen molar-refractivity contribution in [3.8, 4) is 0 Å². The largest absolute Gasteiger partial charge is 0.314 e. The second kappa shape index (κ2) is 6.47. The molecule has 1 heterocycles. The van der Waals surface area contributed by atoms with E-state index in [1.165, 1.54) is 4.31 Å². The Labute approximate surface area is 115 Å². The molecule has 5 nitrogen and oxygen atoms in total. The summed E-state index contributed by atoms with van der Waals surface area (Å²) in [7, 11) is -3.36. The molecular formula is C13H21N3O2S. The molecule has 6 heteroatoms. The Morgan fingerprint density at radius 1 is 1.26 bits per heavy atom. The third kappa shape index (κ3) is 4.28. The van der Waals surface area contributed by atoms with E-state index in [0.717, 1.165) is 5.56 Å². The van der Waals surface area contributed by atoms with Gasteiger partial charge in [-0.2, -0.15) is 17.4 Å². The third-order valence-electron chi connectivity index (χ3n) is 3.15. The number of hydrogen-bond acceptors (Lipinski definition) is 3. The fourth-order valence-corrected chi connectivity index (χ4v) is 3.63. The molecule has 0 saturated carbocycles. The summed E-state index contributed by atoms with van der Waals surface area (Å²) in [5.41, 5.74) is 1.14. The highest BCUT2D eigenvalue weighted by molar-refractivity contribution is 7.87. The minimum Gasteiger partial charge on any atom is -0.314 e. The Hall–Kier alpha value is -0.950. The number of nitrogens with zero attached hydrogens (tertiary/aromatic N) is 1. The van der Waals surface area contributed by atoms with Crippen molar-refractivity contribution in [2.24, 2.45) is 0 Å². The highest BCUT2D eigenvalue weighted by Crippen LogP contribution is 2.06. The van der Waals surface area contributed by atoms with Crippen molar-refractivity contribution in [2.45, 2.75) is 19.4 Å². The average molecular weight is 283 g/mol. The average Bonchev–Trinajstić information content (AvgIpc) is 2.40. The summed E-state index contributed by atoms with van der Waals surface area (Å²) in [6.45, 7) is 4.40. The lowest BCUT2D eigenvalue weighted by molar-refractivity contribution is 0.352. The predicted octanol–water partition coefficient (Wildman–Crippen LogP) is 0.357. The molecule has 0 aromatic heterocycles. The molecule has 0 radical (unpaired) electrons. The first kappa shape index (κ1) is 14.5. The quantitative estimate of drug-likeness (QED) is 0.820. The molecule has 1 fully saturated rings. The van der Waals surface area contributed by atoms with E-state index < -0.39 is 10.2 Å². The summed E-state index contributed by atoms with van der Waals surface area (Å²) in [5.74, 6) is 0. The van der Waals surface area contributed by atoms with Crippen molar-refractivity contribution in [1.29, 1.82) is 0 Å². The van der Waals surface area contributed by atoms with Crippen LogP contribution < -0.4 is 10.0 Å². The molecule has 0 spiro atoms. The molecule has 1 aliphatic heterocycles. The highest BCUT2D eigenvalue weighted by atomic mass is 32.2. The van der Waals surface area contributed by atoms with Crippen LogP contribution >= 0.6 is 0 Å². The second-order valence-corrected chi connectivity index (χ2v) is 6.56. The van der Waals surface area contributed by atoms with Crippen LogP contribution in [0.5, 0.6) is 0 Å². The Balaban J connectivity index is 1.92. The van der Waals surface area contributed by atoms with Gasteiger partial charge in [-0.05, 0) is 18.9 Å². The fraction of sp³-hybridized carbons (Fsp3) is 0.538. The van der Waals surface area contributed by atoms with E-state index in [4.69, 9.17) is 0 Å². The summed E-state index contributed by atoms with van der Waals surface area (Å²) < 4.78 is 28.6. The Bertz CT molecular complexity index is 484. The summed E-state index contributed by atoms with van der Waals surface area (Å²) in [6, 6.07) is 9.80. The zero-order chi connectivity index (χ0) is 13.7. The smallest absolute Gasteiger partial charge is 0.279 e. The van der Waals surface area contributed by atoms with Gasteiger partial charge in [-0.15, -0.1) is 0 Å². The van der Waals surface area contributed by atoms with Crippen molar-refractivity contribution in [1.82, 2.24) is 14.3 Å². The molecule has 1 aromatic carbocycles. The normalized spacial score (nSPS) is 19.2. The maximum atomic E-state index is 12.2. The first-order valence-electron chi connectivity index (χ1n) is 6.60. The summed E-state index contributed by atoms with van der Waals surface area (Å²) in [4.78, 5) is 0. The monoisotopic (exact) mass is 283 g/mol. The summed E-state index contributed by atoms with van der Waals surface area (Å²) >= 11 is 0. The number of benzene rings is 1. The Morgan fingerprint density at radius 3 is 2.53 bits per heavy atom. The number of rotatable bonds is 5. The van der Waals surface area contributed by atoms with Crippen molar-refractivity contribution >= 4 is 10.2 Å². The highest BCUT2D eigenvalue weighted by Gasteiger charge is 2.24. The van der Waals surface area contributed by atoms with Crippen LogP contribution in [0.4, 0.5) is 0 Å². The van der Waals surface area contributed by atoms with E-state index >= 15 is 0 Å². The van der Waals surface area contributed by atoms with Crippen LogP contribution in [-0.4, -0.2) is 44.9 Å². The molecule has 0 amide bonds. The van der Waals surface area contributed by atoms with Gasteiger partial charge in [0.2, 0.25) is 0 Å². The zero-order valence-corrected chi connectivity index (χ0v) is 12.0. The van der Waals surface area contributed by atoms with Crippen LogP contribution in [0.25, 0.3) is 0 Å². The minimum absolute atomic E-state index is 0.109. The van der Waals surface area contributed by atoms with E-state index in [2.05, 4.69) is 10.0 Å². The maximum Gasteiger partial charge on any atom is 0.279 e. The van der Waals surface area contributed by atoms with Gasteiger partial charge >= 0.3 is 0 Å². The molecule has 1 aliphatic rings. The van der Waals surface area contributed by atoms with Crippen LogP contribution in [0.15, 0.2) is 30.3 Å². The Kier molecular flexibility index (Phi) is 4.93. The van der Waals surface area contributed by atoms with Gasteiger partial charge in [-0.3, -0.25) is 0 Å². The van der Waals surface area contributed by atoms with Crippen LogP contribution in [0.2, 0.25) is 0 Å². The molecule has 1 unspecified atom stereocenters. The number of piperazine rings is 1. The molecule has 1 atom stereocenters. The van der Waals surface area contributed by atoms with Gasteiger partial charge in [0.05, 0.1) is 0 Å². The lowest BCUT2D eigenvalue weighted by Gasteiger charge is -2.28. The molecule has 1 saturated heterocycles. The molecule has 1 aromatic rings. The van der Waals surface area contributed by atoms with Gasteiger partial charge in [-0.25, -0.2) is 0 Å². The standard InChI is InChI=1S/C13H21N3O2S/c1-12(11-13-5-3-2-4-6-13)15-19(17,18)16-9-7-14-8-10-16/h2-6,12,14-15H,7-11H2,1H3. The molecule has 2 rings (SSSR count). The fourth-order valence-electron chi connectivity index (χ4n) is 2.22. The van der Waals surface area contributed by atoms with Crippen LogP contribution in [0.1, 0.15) is 12.5 Å². The van der Waals surface area contributed by atoms with Gasteiger partial charge in [0, 0.05) is 32.2 Å². The van der Waals surface area contributed by atoms with E-state index in [9.17, 15) is 8.42 Å². The van der Waals surface area contributed by atoms with Gasteiger partial charge in [0.1, 0.15) is 0 Å². The maximum absolute atomic E-state index is 12.2. The van der Waals surface area contributed by atoms with Crippen molar-refractivity contribution in [3.63, 3.8) is 0 Å². The lowest BCUT2D eigenvalue weighted by Crippen LogP contribution is -2.52. The van der Waals surface area contributed by atoms with Crippen molar-refractivity contribution < 1.29 is 8.42 Å². The van der Waals surface area contributed by atoms with Gasteiger partial charge in [0.25, 0.3) is 10.2 Å². The SMILES string of the molecule is CC(Cc1ccccc1)NS(=O)(=O)N1CCNCC1. The van der Waals surface area contributed by atoms with E-state index in [1.54, 1.807) is 0 Å². The van der Waals surface area contributed by atoms with Gasteiger partial charge in [-0.1, -0.05) is 30.3 Å². The van der Waals surface area contributed by atoms with Crippen molar-refractivity contribution in [2.75, 3.05) is 26.2 Å². The van der Waals surface area contributed by atoms with Gasteiger partial charge < -0.3 is 5.32 Å². The molecular weight excluding hydrogens is 262 g/mol. The molecule has 2 N–H and O–H groups in total.